The molecule has 1 amide bonds. The predicted octanol–water partition coefficient (Wildman–Crippen LogP) is 3.34. The van der Waals surface area contributed by atoms with Gasteiger partial charge in [-0.15, -0.1) is 11.3 Å². The van der Waals surface area contributed by atoms with Crippen molar-refractivity contribution in [3.63, 3.8) is 0 Å². The van der Waals surface area contributed by atoms with Crippen LogP contribution in [0.3, 0.4) is 0 Å². The Hall–Kier alpha value is -1.11. The van der Waals surface area contributed by atoms with Crippen LogP contribution in [0.2, 0.25) is 0 Å². The Bertz CT molecular complexity index is 491. The molecule has 1 unspecified atom stereocenters. The van der Waals surface area contributed by atoms with E-state index in [4.69, 9.17) is 4.74 Å². The maximum absolute atomic E-state index is 12.0. The fraction of sp³-hybridized carbons (Fsp3) is 0.722. The lowest BCUT2D eigenvalue weighted by Gasteiger charge is -2.35. The first-order valence-corrected chi connectivity index (χ1v) is 9.70. The van der Waals surface area contributed by atoms with Gasteiger partial charge in [-0.25, -0.2) is 4.79 Å². The Labute approximate surface area is 150 Å². The standard InChI is InChI=1S/C18H31N3O2S/c1-15(16-7-5-14-24-16)19-8-6-9-20-10-12-21(13-11-20)17(22)23-18(2,3)4/h5,7,14-15,19H,6,8-13H2,1-4H3. The van der Waals surface area contributed by atoms with Crippen molar-refractivity contribution < 1.29 is 9.53 Å². The van der Waals surface area contributed by atoms with Gasteiger partial charge in [0, 0.05) is 37.1 Å². The van der Waals surface area contributed by atoms with Crippen molar-refractivity contribution >= 4 is 17.4 Å². The van der Waals surface area contributed by atoms with Crippen molar-refractivity contribution in [2.24, 2.45) is 0 Å². The maximum Gasteiger partial charge on any atom is 0.410 e. The molecule has 2 heterocycles. The summed E-state index contributed by atoms with van der Waals surface area (Å²) in [6.07, 6.45) is 0.941. The Kier molecular flexibility index (Phi) is 7.07. The molecule has 0 aromatic carbocycles. The largest absolute Gasteiger partial charge is 0.444 e. The van der Waals surface area contributed by atoms with Gasteiger partial charge in [0.1, 0.15) is 5.60 Å². The van der Waals surface area contributed by atoms with Crippen LogP contribution in [-0.4, -0.2) is 60.8 Å². The van der Waals surface area contributed by atoms with Crippen molar-refractivity contribution in [1.82, 2.24) is 15.1 Å². The minimum atomic E-state index is -0.418. The van der Waals surface area contributed by atoms with Gasteiger partial charge in [0.05, 0.1) is 0 Å². The molecule has 24 heavy (non-hydrogen) atoms. The monoisotopic (exact) mass is 353 g/mol. The smallest absolute Gasteiger partial charge is 0.410 e. The van der Waals surface area contributed by atoms with Gasteiger partial charge in [0.25, 0.3) is 0 Å². The number of nitrogens with zero attached hydrogens (tertiary/aromatic N) is 2. The molecule has 0 spiro atoms. The fourth-order valence-electron chi connectivity index (χ4n) is 2.74. The second-order valence-corrected chi connectivity index (χ2v) is 8.33. The second kappa shape index (κ2) is 8.83. The zero-order chi connectivity index (χ0) is 17.6. The molecule has 0 bridgehead atoms. The number of carbonyl (C=O) groups excluding carboxylic acids is 1. The van der Waals surface area contributed by atoms with Crippen LogP contribution in [0.5, 0.6) is 0 Å². The van der Waals surface area contributed by atoms with Gasteiger partial charge in [-0.2, -0.15) is 0 Å². The summed E-state index contributed by atoms with van der Waals surface area (Å²) in [5.41, 5.74) is -0.418. The summed E-state index contributed by atoms with van der Waals surface area (Å²) >= 11 is 1.80. The van der Waals surface area contributed by atoms with Gasteiger partial charge in [-0.3, -0.25) is 4.90 Å². The van der Waals surface area contributed by atoms with Gasteiger partial charge in [0.15, 0.2) is 0 Å². The highest BCUT2D eigenvalue weighted by Gasteiger charge is 2.25. The molecule has 0 saturated carbocycles. The molecule has 1 aliphatic rings. The molecule has 1 aromatic rings. The Morgan fingerprint density at radius 3 is 2.62 bits per heavy atom. The summed E-state index contributed by atoms with van der Waals surface area (Å²) in [7, 11) is 0. The Balaban J connectivity index is 1.59. The third kappa shape index (κ3) is 6.42. The van der Waals surface area contributed by atoms with Crippen LogP contribution in [0.1, 0.15) is 45.0 Å². The van der Waals surface area contributed by atoms with Crippen LogP contribution in [-0.2, 0) is 4.74 Å². The molecule has 1 aliphatic heterocycles. The van der Waals surface area contributed by atoms with Crippen LogP contribution in [0.4, 0.5) is 4.79 Å². The number of rotatable bonds is 6. The van der Waals surface area contributed by atoms with Crippen molar-refractivity contribution in [1.29, 1.82) is 0 Å². The molecule has 6 heteroatoms. The number of amides is 1. The molecule has 1 aromatic heterocycles. The average molecular weight is 354 g/mol. The molecule has 1 fully saturated rings. The maximum atomic E-state index is 12.0. The number of hydrogen-bond acceptors (Lipinski definition) is 5. The van der Waals surface area contributed by atoms with E-state index in [-0.39, 0.29) is 6.09 Å². The molecule has 1 N–H and O–H groups in total. The summed E-state index contributed by atoms with van der Waals surface area (Å²) in [5.74, 6) is 0. The quantitative estimate of drug-likeness (QED) is 0.797. The molecule has 1 atom stereocenters. The van der Waals surface area contributed by atoms with Crippen LogP contribution in [0.15, 0.2) is 17.5 Å². The topological polar surface area (TPSA) is 44.8 Å². The Morgan fingerprint density at radius 1 is 1.33 bits per heavy atom. The summed E-state index contributed by atoms with van der Waals surface area (Å²) in [6, 6.07) is 4.70. The first-order valence-electron chi connectivity index (χ1n) is 8.82. The SMILES string of the molecule is CC(NCCCN1CCN(C(=O)OC(C)(C)C)CC1)c1cccs1. The van der Waals surface area contributed by atoms with E-state index in [1.165, 1.54) is 4.88 Å². The van der Waals surface area contributed by atoms with E-state index in [2.05, 4.69) is 34.7 Å². The lowest BCUT2D eigenvalue weighted by Crippen LogP contribution is -2.50. The molecular weight excluding hydrogens is 322 g/mol. The molecule has 2 rings (SSSR count). The third-order valence-electron chi connectivity index (χ3n) is 4.10. The first-order chi connectivity index (χ1) is 11.3. The fourth-order valence-corrected chi connectivity index (χ4v) is 3.50. The number of thiophene rings is 1. The Morgan fingerprint density at radius 2 is 2.04 bits per heavy atom. The molecule has 5 nitrogen and oxygen atoms in total. The molecule has 0 radical (unpaired) electrons. The summed E-state index contributed by atoms with van der Waals surface area (Å²) < 4.78 is 5.43. The molecule has 1 saturated heterocycles. The van der Waals surface area contributed by atoms with E-state index in [9.17, 15) is 4.79 Å². The van der Waals surface area contributed by atoms with E-state index in [0.717, 1.165) is 45.7 Å². The number of carbonyl (C=O) groups is 1. The lowest BCUT2D eigenvalue weighted by atomic mass is 10.2. The number of ether oxygens (including phenoxy) is 1. The highest BCUT2D eigenvalue weighted by molar-refractivity contribution is 7.10. The van der Waals surface area contributed by atoms with E-state index >= 15 is 0 Å². The van der Waals surface area contributed by atoms with Gasteiger partial charge in [-0.1, -0.05) is 6.07 Å². The third-order valence-corrected chi connectivity index (χ3v) is 5.15. The average Bonchev–Trinajstić information content (AvgIpc) is 3.04. The van der Waals surface area contributed by atoms with E-state index in [1.54, 1.807) is 11.3 Å². The van der Waals surface area contributed by atoms with Gasteiger partial charge >= 0.3 is 6.09 Å². The molecular formula is C18H31N3O2S. The summed E-state index contributed by atoms with van der Waals surface area (Å²) in [4.78, 5) is 17.7. The van der Waals surface area contributed by atoms with Crippen LogP contribution in [0.25, 0.3) is 0 Å². The van der Waals surface area contributed by atoms with Gasteiger partial charge in [-0.05, 0) is 58.7 Å². The minimum absolute atomic E-state index is 0.186. The normalized spacial score (nSPS) is 17.8. The molecule has 136 valence electrons. The number of piperazine rings is 1. The van der Waals surface area contributed by atoms with E-state index < -0.39 is 5.60 Å². The predicted molar refractivity (Wildman–Crippen MR) is 99.6 cm³/mol. The van der Waals surface area contributed by atoms with Crippen LogP contribution < -0.4 is 5.32 Å². The van der Waals surface area contributed by atoms with Gasteiger partial charge < -0.3 is 15.0 Å². The summed E-state index contributed by atoms with van der Waals surface area (Å²) in [5, 5.41) is 5.70. The van der Waals surface area contributed by atoms with Crippen molar-refractivity contribution in [2.45, 2.75) is 45.8 Å². The second-order valence-electron chi connectivity index (χ2n) is 7.35. The zero-order valence-electron chi connectivity index (χ0n) is 15.4. The summed E-state index contributed by atoms with van der Waals surface area (Å²) in [6.45, 7) is 13.4. The van der Waals surface area contributed by atoms with Crippen LogP contribution in [0, 0.1) is 0 Å². The molecule has 0 aliphatic carbocycles. The van der Waals surface area contributed by atoms with Crippen molar-refractivity contribution in [2.75, 3.05) is 39.3 Å². The van der Waals surface area contributed by atoms with Gasteiger partial charge in [0.2, 0.25) is 0 Å². The lowest BCUT2D eigenvalue weighted by molar-refractivity contribution is 0.0144. The zero-order valence-corrected chi connectivity index (χ0v) is 16.2. The number of nitrogens with one attached hydrogen (secondary N) is 1. The van der Waals surface area contributed by atoms with Crippen LogP contribution >= 0.6 is 11.3 Å². The van der Waals surface area contributed by atoms with Crippen molar-refractivity contribution in [3.05, 3.63) is 22.4 Å². The highest BCUT2D eigenvalue weighted by Crippen LogP contribution is 2.18. The van der Waals surface area contributed by atoms with Crippen molar-refractivity contribution in [3.8, 4) is 0 Å². The highest BCUT2D eigenvalue weighted by atomic mass is 32.1. The first kappa shape index (κ1) is 19.2. The van der Waals surface area contributed by atoms with E-state index in [1.807, 2.05) is 25.7 Å². The van der Waals surface area contributed by atoms with E-state index in [0.29, 0.717) is 6.04 Å². The minimum Gasteiger partial charge on any atom is -0.444 e. The number of hydrogen-bond donors (Lipinski definition) is 1.